The van der Waals surface area contributed by atoms with E-state index in [1.54, 1.807) is 42.5 Å². The summed E-state index contributed by atoms with van der Waals surface area (Å²) in [5.74, 6) is -2.26. The number of aromatic nitrogens is 1. The average molecular weight is 540 g/mol. The Morgan fingerprint density at radius 3 is 2.24 bits per heavy atom. The monoisotopic (exact) mass is 538 g/mol. The number of rotatable bonds is 4. The highest BCUT2D eigenvalue weighted by molar-refractivity contribution is 9.10. The van der Waals surface area contributed by atoms with Crippen LogP contribution in [-0.4, -0.2) is 22.4 Å². The Balaban J connectivity index is 1.62. The molecule has 0 bridgehead atoms. The fraction of sp³-hybridized carbons (Fsp3) is 0.0800. The zero-order valence-corrected chi connectivity index (χ0v) is 20.6. The highest BCUT2D eigenvalue weighted by Crippen LogP contribution is 2.25. The highest BCUT2D eigenvalue weighted by atomic mass is 79.9. The van der Waals surface area contributed by atoms with Gasteiger partial charge in [0, 0.05) is 26.3 Å². The lowest BCUT2D eigenvalue weighted by molar-refractivity contribution is -0.133. The number of amides is 3. The van der Waals surface area contributed by atoms with Gasteiger partial charge in [0.05, 0.1) is 5.52 Å². The zero-order valence-electron chi connectivity index (χ0n) is 18.3. The molecule has 0 atom stereocenters. The number of hydrogen-bond donors (Lipinski definition) is 3. The van der Waals surface area contributed by atoms with E-state index in [0.717, 1.165) is 15.6 Å². The molecule has 3 N–H and O–H groups in total. The molecule has 9 heteroatoms. The van der Waals surface area contributed by atoms with Gasteiger partial charge in [0.25, 0.3) is 5.91 Å². The molecule has 0 saturated heterocycles. The van der Waals surface area contributed by atoms with Crippen molar-refractivity contribution in [1.82, 2.24) is 4.68 Å². The number of carbonyl (C=O) groups excluding carboxylic acids is 3. The number of fused-ring (bicyclic) bond motifs is 1. The van der Waals surface area contributed by atoms with Crippen LogP contribution >= 0.6 is 27.5 Å². The average Bonchev–Trinajstić information content (AvgIpc) is 3.15. The first-order chi connectivity index (χ1) is 16.2. The number of aryl methyl sites for hydroxylation is 2. The van der Waals surface area contributed by atoms with E-state index in [2.05, 4.69) is 32.0 Å². The zero-order chi connectivity index (χ0) is 24.4. The summed E-state index contributed by atoms with van der Waals surface area (Å²) < 4.78 is 2.20. The van der Waals surface area contributed by atoms with Crippen molar-refractivity contribution in [3.63, 3.8) is 0 Å². The van der Waals surface area contributed by atoms with Crippen LogP contribution in [0.4, 0.5) is 11.4 Å². The SMILES string of the molecule is Cc1ccc(NC(=O)C(=O)Nn2c(C(=O)Nc3ccc(Br)c(C)c3)cc3cc(Cl)ccc32)cc1. The van der Waals surface area contributed by atoms with Crippen LogP contribution in [-0.2, 0) is 9.59 Å². The highest BCUT2D eigenvalue weighted by Gasteiger charge is 2.21. The van der Waals surface area contributed by atoms with Crippen LogP contribution in [0.15, 0.2) is 71.2 Å². The Bertz CT molecular complexity index is 1430. The number of carbonyl (C=O) groups is 3. The van der Waals surface area contributed by atoms with Crippen molar-refractivity contribution in [3.05, 3.63) is 93.0 Å². The second-order valence-corrected chi connectivity index (χ2v) is 9.04. The van der Waals surface area contributed by atoms with E-state index in [1.165, 1.54) is 4.68 Å². The van der Waals surface area contributed by atoms with Gasteiger partial charge in [-0.25, -0.2) is 4.68 Å². The van der Waals surface area contributed by atoms with Gasteiger partial charge in [-0.05, 0) is 74.0 Å². The van der Waals surface area contributed by atoms with E-state index in [4.69, 9.17) is 11.6 Å². The molecule has 0 aliphatic carbocycles. The quantitative estimate of drug-likeness (QED) is 0.293. The maximum absolute atomic E-state index is 13.1. The summed E-state index contributed by atoms with van der Waals surface area (Å²) in [5, 5.41) is 6.48. The first kappa shape index (κ1) is 23.5. The van der Waals surface area contributed by atoms with E-state index < -0.39 is 17.7 Å². The molecule has 34 heavy (non-hydrogen) atoms. The third-order valence-corrected chi connectivity index (χ3v) is 6.27. The smallest absolute Gasteiger partial charge is 0.321 e. The summed E-state index contributed by atoms with van der Waals surface area (Å²) in [4.78, 5) is 38.3. The largest absolute Gasteiger partial charge is 0.328 e. The first-order valence-electron chi connectivity index (χ1n) is 10.3. The fourth-order valence-electron chi connectivity index (χ4n) is 3.37. The van der Waals surface area contributed by atoms with Crippen LogP contribution in [0.25, 0.3) is 10.9 Å². The number of benzene rings is 3. The Labute approximate surface area is 209 Å². The number of anilines is 2. The van der Waals surface area contributed by atoms with Gasteiger partial charge in [-0.1, -0.05) is 45.2 Å². The molecule has 3 amide bonds. The predicted molar refractivity (Wildman–Crippen MR) is 138 cm³/mol. The molecular weight excluding hydrogens is 520 g/mol. The third kappa shape index (κ3) is 5.13. The molecule has 0 aliphatic heterocycles. The van der Waals surface area contributed by atoms with Crippen LogP contribution in [0.3, 0.4) is 0 Å². The maximum Gasteiger partial charge on any atom is 0.328 e. The minimum atomic E-state index is -0.929. The normalized spacial score (nSPS) is 10.7. The molecule has 172 valence electrons. The third-order valence-electron chi connectivity index (χ3n) is 5.14. The van der Waals surface area contributed by atoms with Crippen LogP contribution in [0, 0.1) is 13.8 Å². The van der Waals surface area contributed by atoms with Crippen molar-refractivity contribution in [3.8, 4) is 0 Å². The van der Waals surface area contributed by atoms with E-state index in [1.807, 2.05) is 38.1 Å². The summed E-state index contributed by atoms with van der Waals surface area (Å²) in [6.45, 7) is 3.83. The van der Waals surface area contributed by atoms with Crippen molar-refractivity contribution >= 4 is 67.5 Å². The summed E-state index contributed by atoms with van der Waals surface area (Å²) in [7, 11) is 0. The fourth-order valence-corrected chi connectivity index (χ4v) is 3.80. The molecule has 0 fully saturated rings. The van der Waals surface area contributed by atoms with Crippen molar-refractivity contribution in [1.29, 1.82) is 0 Å². The molecule has 4 aromatic rings. The van der Waals surface area contributed by atoms with Crippen LogP contribution in [0.5, 0.6) is 0 Å². The molecule has 4 rings (SSSR count). The van der Waals surface area contributed by atoms with E-state index in [9.17, 15) is 14.4 Å². The first-order valence-corrected chi connectivity index (χ1v) is 11.5. The van der Waals surface area contributed by atoms with Gasteiger partial charge in [-0.2, -0.15) is 0 Å². The van der Waals surface area contributed by atoms with Gasteiger partial charge in [0.2, 0.25) is 0 Å². The Morgan fingerprint density at radius 1 is 0.824 bits per heavy atom. The molecule has 3 aromatic carbocycles. The van der Waals surface area contributed by atoms with E-state index in [0.29, 0.717) is 27.3 Å². The lowest BCUT2D eigenvalue weighted by atomic mass is 10.2. The number of nitrogens with one attached hydrogen (secondary N) is 3. The number of halogens is 2. The number of nitrogens with zero attached hydrogens (tertiary/aromatic N) is 1. The van der Waals surface area contributed by atoms with Gasteiger partial charge in [-0.15, -0.1) is 0 Å². The molecule has 7 nitrogen and oxygen atoms in total. The molecule has 0 unspecified atom stereocenters. The summed E-state index contributed by atoms with van der Waals surface area (Å²) in [6, 6.07) is 19.0. The molecular formula is C25H20BrClN4O3. The minimum absolute atomic E-state index is 0.134. The number of hydrogen-bond acceptors (Lipinski definition) is 3. The summed E-state index contributed by atoms with van der Waals surface area (Å²) in [5.41, 5.74) is 6.22. The Kier molecular flexibility index (Phi) is 6.72. The van der Waals surface area contributed by atoms with Crippen molar-refractivity contribution in [2.24, 2.45) is 0 Å². The van der Waals surface area contributed by atoms with E-state index in [-0.39, 0.29) is 5.69 Å². The second kappa shape index (κ2) is 9.70. The van der Waals surface area contributed by atoms with Crippen molar-refractivity contribution in [2.75, 3.05) is 16.1 Å². The molecule has 0 radical (unpaired) electrons. The minimum Gasteiger partial charge on any atom is -0.321 e. The second-order valence-electron chi connectivity index (χ2n) is 7.75. The molecule has 0 saturated carbocycles. The summed E-state index contributed by atoms with van der Waals surface area (Å²) >= 11 is 9.55. The van der Waals surface area contributed by atoms with Crippen molar-refractivity contribution in [2.45, 2.75) is 13.8 Å². The van der Waals surface area contributed by atoms with Gasteiger partial charge < -0.3 is 10.6 Å². The van der Waals surface area contributed by atoms with Crippen LogP contribution < -0.4 is 16.1 Å². The van der Waals surface area contributed by atoms with Gasteiger partial charge in [-0.3, -0.25) is 19.8 Å². The Hall–Kier alpha value is -3.62. The molecule has 0 spiro atoms. The van der Waals surface area contributed by atoms with Crippen LogP contribution in [0.1, 0.15) is 21.6 Å². The van der Waals surface area contributed by atoms with Gasteiger partial charge in [0.1, 0.15) is 5.69 Å². The maximum atomic E-state index is 13.1. The predicted octanol–water partition coefficient (Wildman–Crippen LogP) is 5.64. The molecule has 1 heterocycles. The van der Waals surface area contributed by atoms with E-state index >= 15 is 0 Å². The lowest BCUT2D eigenvalue weighted by Crippen LogP contribution is -2.36. The lowest BCUT2D eigenvalue weighted by Gasteiger charge is -2.13. The van der Waals surface area contributed by atoms with Crippen molar-refractivity contribution < 1.29 is 14.4 Å². The van der Waals surface area contributed by atoms with Gasteiger partial charge in [0.15, 0.2) is 0 Å². The topological polar surface area (TPSA) is 92.2 Å². The van der Waals surface area contributed by atoms with Gasteiger partial charge >= 0.3 is 11.8 Å². The summed E-state index contributed by atoms with van der Waals surface area (Å²) in [6.07, 6.45) is 0. The molecule has 1 aromatic heterocycles. The standard InChI is InChI=1S/C25H20BrClN4O3/c1-14-3-6-18(7-4-14)28-24(33)25(34)30-31-21-10-5-17(27)12-16(21)13-22(31)23(32)29-19-8-9-20(26)15(2)11-19/h3-13H,1-2H3,(H,28,33)(H,29,32)(H,30,34). The van der Waals surface area contributed by atoms with Crippen LogP contribution in [0.2, 0.25) is 5.02 Å². The molecule has 0 aliphatic rings. The Morgan fingerprint density at radius 2 is 1.53 bits per heavy atom.